The van der Waals surface area contributed by atoms with Crippen LogP contribution in [0.5, 0.6) is 11.5 Å². The Morgan fingerprint density at radius 1 is 1.08 bits per heavy atom. The van der Waals surface area contributed by atoms with E-state index in [1.165, 1.54) is 0 Å². The zero-order valence-corrected chi connectivity index (χ0v) is 13.7. The van der Waals surface area contributed by atoms with Gasteiger partial charge in [0, 0.05) is 17.7 Å². The lowest BCUT2D eigenvalue weighted by atomic mass is 10.1. The Morgan fingerprint density at radius 3 is 2.54 bits per heavy atom. The maximum atomic E-state index is 12.2. The number of nitrogens with one attached hydrogen (secondary N) is 1. The molecule has 0 atom stereocenters. The van der Waals surface area contributed by atoms with Gasteiger partial charge in [0.25, 0.3) is 0 Å². The molecule has 0 fully saturated rings. The molecule has 2 rings (SSSR count). The third-order valence-corrected chi connectivity index (χ3v) is 3.54. The van der Waals surface area contributed by atoms with E-state index in [1.807, 2.05) is 6.07 Å². The number of nitrogens with two attached hydrogens (primary N) is 1. The van der Waals surface area contributed by atoms with E-state index in [-0.39, 0.29) is 12.3 Å². The Bertz CT molecular complexity index is 744. The molecule has 0 radical (unpaired) electrons. The maximum absolute atomic E-state index is 12.2. The fourth-order valence-corrected chi connectivity index (χ4v) is 2.29. The number of rotatable bonds is 7. The van der Waals surface area contributed by atoms with Crippen LogP contribution in [-0.2, 0) is 17.8 Å². The lowest BCUT2D eigenvalue weighted by Gasteiger charge is -2.11. The van der Waals surface area contributed by atoms with Crippen LogP contribution in [0, 0.1) is 0 Å². The van der Waals surface area contributed by atoms with E-state index in [0.717, 1.165) is 11.1 Å². The van der Waals surface area contributed by atoms with E-state index >= 15 is 0 Å². The molecule has 0 saturated heterocycles. The van der Waals surface area contributed by atoms with Crippen LogP contribution in [0.25, 0.3) is 0 Å². The molecule has 2 amide bonds. The average molecular weight is 328 g/mol. The van der Waals surface area contributed by atoms with Crippen molar-refractivity contribution in [1.29, 1.82) is 0 Å². The molecule has 0 saturated carbocycles. The summed E-state index contributed by atoms with van der Waals surface area (Å²) in [5, 5.41) is 2.81. The van der Waals surface area contributed by atoms with Crippen LogP contribution < -0.4 is 20.5 Å². The first-order valence-electron chi connectivity index (χ1n) is 7.40. The zero-order chi connectivity index (χ0) is 17.5. The zero-order valence-electron chi connectivity index (χ0n) is 13.7. The summed E-state index contributed by atoms with van der Waals surface area (Å²) in [6.07, 6.45) is 0.163. The lowest BCUT2D eigenvalue weighted by Crippen LogP contribution is -2.25. The Hall–Kier alpha value is -3.02. The first-order valence-corrected chi connectivity index (χ1v) is 7.40. The summed E-state index contributed by atoms with van der Waals surface area (Å²) in [6, 6.07) is 12.1. The smallest absolute Gasteiger partial charge is 0.248 e. The summed E-state index contributed by atoms with van der Waals surface area (Å²) < 4.78 is 10.4. The SMILES string of the molecule is COc1ccc(OC)c(CC(=O)NCc2cccc(C(N)=O)c2)c1. The number of primary amides is 1. The van der Waals surface area contributed by atoms with Gasteiger partial charge in [-0.1, -0.05) is 12.1 Å². The van der Waals surface area contributed by atoms with Gasteiger partial charge in [-0.05, 0) is 35.9 Å². The number of hydrogen-bond acceptors (Lipinski definition) is 4. The minimum atomic E-state index is -0.496. The lowest BCUT2D eigenvalue weighted by molar-refractivity contribution is -0.120. The second kappa shape index (κ2) is 8.01. The summed E-state index contributed by atoms with van der Waals surface area (Å²) in [6.45, 7) is 0.312. The number of methoxy groups -OCH3 is 2. The van der Waals surface area contributed by atoms with E-state index < -0.39 is 5.91 Å². The molecule has 0 bridgehead atoms. The van der Waals surface area contributed by atoms with E-state index in [1.54, 1.807) is 50.6 Å². The Labute approximate surface area is 140 Å². The van der Waals surface area contributed by atoms with E-state index in [4.69, 9.17) is 15.2 Å². The molecule has 0 aliphatic rings. The highest BCUT2D eigenvalue weighted by Crippen LogP contribution is 2.24. The van der Waals surface area contributed by atoms with Crippen molar-refractivity contribution in [1.82, 2.24) is 5.32 Å². The van der Waals surface area contributed by atoms with E-state index in [0.29, 0.717) is 23.6 Å². The first kappa shape index (κ1) is 17.3. The molecule has 0 spiro atoms. The monoisotopic (exact) mass is 328 g/mol. The van der Waals surface area contributed by atoms with Gasteiger partial charge in [0.1, 0.15) is 11.5 Å². The Morgan fingerprint density at radius 2 is 1.88 bits per heavy atom. The third-order valence-electron chi connectivity index (χ3n) is 3.54. The topological polar surface area (TPSA) is 90.7 Å². The minimum Gasteiger partial charge on any atom is -0.497 e. The van der Waals surface area contributed by atoms with E-state index in [9.17, 15) is 9.59 Å². The van der Waals surface area contributed by atoms with Crippen LogP contribution in [0.2, 0.25) is 0 Å². The van der Waals surface area contributed by atoms with Crippen molar-refractivity contribution in [3.05, 3.63) is 59.2 Å². The summed E-state index contributed by atoms with van der Waals surface area (Å²) >= 11 is 0. The van der Waals surface area contributed by atoms with Gasteiger partial charge >= 0.3 is 0 Å². The van der Waals surface area contributed by atoms with Gasteiger partial charge < -0.3 is 20.5 Å². The van der Waals surface area contributed by atoms with Gasteiger partial charge in [-0.2, -0.15) is 0 Å². The van der Waals surface area contributed by atoms with Crippen molar-refractivity contribution < 1.29 is 19.1 Å². The van der Waals surface area contributed by atoms with Crippen LogP contribution in [0.15, 0.2) is 42.5 Å². The molecule has 126 valence electrons. The predicted octanol–water partition coefficient (Wildman–Crippen LogP) is 1.66. The molecular formula is C18H20N2O4. The molecule has 0 aliphatic heterocycles. The van der Waals surface area contributed by atoms with Gasteiger partial charge in [-0.15, -0.1) is 0 Å². The van der Waals surface area contributed by atoms with Crippen molar-refractivity contribution in [2.45, 2.75) is 13.0 Å². The number of carbonyl (C=O) groups is 2. The highest BCUT2D eigenvalue weighted by atomic mass is 16.5. The van der Waals surface area contributed by atoms with Crippen molar-refractivity contribution in [2.75, 3.05) is 14.2 Å². The standard InChI is InChI=1S/C18H20N2O4/c1-23-15-6-7-16(24-2)14(9-15)10-17(21)20-11-12-4-3-5-13(8-12)18(19)22/h3-9H,10-11H2,1-2H3,(H2,19,22)(H,20,21). The predicted molar refractivity (Wildman–Crippen MR) is 90.1 cm³/mol. The molecule has 2 aromatic rings. The normalized spacial score (nSPS) is 10.1. The molecule has 24 heavy (non-hydrogen) atoms. The summed E-state index contributed by atoms with van der Waals surface area (Å²) in [4.78, 5) is 23.3. The molecule has 6 heteroatoms. The van der Waals surface area contributed by atoms with Crippen molar-refractivity contribution in [2.24, 2.45) is 5.73 Å². The van der Waals surface area contributed by atoms with Crippen LogP contribution in [-0.4, -0.2) is 26.0 Å². The second-order valence-corrected chi connectivity index (χ2v) is 5.20. The largest absolute Gasteiger partial charge is 0.497 e. The van der Waals surface area contributed by atoms with Gasteiger partial charge in [-0.3, -0.25) is 9.59 Å². The van der Waals surface area contributed by atoms with Crippen LogP contribution in [0.3, 0.4) is 0 Å². The minimum absolute atomic E-state index is 0.161. The maximum Gasteiger partial charge on any atom is 0.248 e. The van der Waals surface area contributed by atoms with Gasteiger partial charge in [0.05, 0.1) is 20.6 Å². The average Bonchev–Trinajstić information content (AvgIpc) is 2.60. The molecule has 0 aliphatic carbocycles. The highest BCUT2D eigenvalue weighted by molar-refractivity contribution is 5.92. The number of ether oxygens (including phenoxy) is 2. The van der Waals surface area contributed by atoms with Crippen LogP contribution >= 0.6 is 0 Å². The number of amides is 2. The fourth-order valence-electron chi connectivity index (χ4n) is 2.29. The summed E-state index contributed by atoms with van der Waals surface area (Å²) in [5.74, 6) is 0.629. The molecule has 0 unspecified atom stereocenters. The quantitative estimate of drug-likeness (QED) is 0.809. The Balaban J connectivity index is 2.01. The van der Waals surface area contributed by atoms with Gasteiger partial charge in [0.15, 0.2) is 0 Å². The molecular weight excluding hydrogens is 308 g/mol. The van der Waals surface area contributed by atoms with Crippen LogP contribution in [0.4, 0.5) is 0 Å². The molecule has 0 aromatic heterocycles. The number of hydrogen-bond donors (Lipinski definition) is 2. The number of carbonyl (C=O) groups excluding carboxylic acids is 2. The van der Waals surface area contributed by atoms with Crippen molar-refractivity contribution >= 4 is 11.8 Å². The van der Waals surface area contributed by atoms with Crippen molar-refractivity contribution in [3.8, 4) is 11.5 Å². The third kappa shape index (κ3) is 4.49. The molecule has 2 aromatic carbocycles. The Kier molecular flexibility index (Phi) is 5.78. The first-order chi connectivity index (χ1) is 11.5. The second-order valence-electron chi connectivity index (χ2n) is 5.20. The summed E-state index contributed by atoms with van der Waals surface area (Å²) in [5.41, 5.74) is 7.20. The molecule has 6 nitrogen and oxygen atoms in total. The van der Waals surface area contributed by atoms with Crippen LogP contribution in [0.1, 0.15) is 21.5 Å². The number of benzene rings is 2. The molecule has 0 heterocycles. The van der Waals surface area contributed by atoms with Crippen molar-refractivity contribution in [3.63, 3.8) is 0 Å². The fraction of sp³-hybridized carbons (Fsp3) is 0.222. The molecule has 3 N–H and O–H groups in total. The van der Waals surface area contributed by atoms with Gasteiger partial charge in [0.2, 0.25) is 11.8 Å². The highest BCUT2D eigenvalue weighted by Gasteiger charge is 2.10. The van der Waals surface area contributed by atoms with E-state index in [2.05, 4.69) is 5.32 Å². The summed E-state index contributed by atoms with van der Waals surface area (Å²) in [7, 11) is 3.12. The van der Waals surface area contributed by atoms with Gasteiger partial charge in [-0.25, -0.2) is 0 Å².